The predicted molar refractivity (Wildman–Crippen MR) is 131 cm³/mol. The molecular weight excluding hydrogens is 481 g/mol. The summed E-state index contributed by atoms with van der Waals surface area (Å²) in [7, 11) is 0. The number of phenols is 1. The Kier molecular flexibility index (Phi) is 7.22. The van der Waals surface area contributed by atoms with Gasteiger partial charge in [0.05, 0.1) is 0 Å². The molecule has 0 spiro atoms. The lowest BCUT2D eigenvalue weighted by Gasteiger charge is -2.33. The van der Waals surface area contributed by atoms with Gasteiger partial charge in [0.2, 0.25) is 5.91 Å². The van der Waals surface area contributed by atoms with Crippen molar-refractivity contribution in [1.82, 2.24) is 9.69 Å². The van der Waals surface area contributed by atoms with Crippen molar-refractivity contribution in [3.63, 3.8) is 0 Å². The van der Waals surface area contributed by atoms with Crippen molar-refractivity contribution in [2.24, 2.45) is 0 Å². The number of aryl methyl sites for hydroxylation is 1. The van der Waals surface area contributed by atoms with E-state index in [1.165, 1.54) is 17.0 Å². The van der Waals surface area contributed by atoms with E-state index in [2.05, 4.69) is 9.69 Å². The molecule has 1 aliphatic rings. The van der Waals surface area contributed by atoms with Crippen LogP contribution in [0.5, 0.6) is 5.75 Å². The Bertz CT molecular complexity index is 1160. The molecule has 172 valence electrons. The van der Waals surface area contributed by atoms with Gasteiger partial charge >= 0.3 is 0 Å². The van der Waals surface area contributed by atoms with Crippen LogP contribution in [0.25, 0.3) is 0 Å². The number of phenolic OH excluding ortho intramolecular Hbond substituents is 1. The Morgan fingerprint density at radius 2 is 1.79 bits per heavy atom. The highest BCUT2D eigenvalue weighted by atomic mass is 35.5. The summed E-state index contributed by atoms with van der Waals surface area (Å²) in [6.45, 7) is 1.87. The fourth-order valence-corrected chi connectivity index (χ4v) is 5.12. The summed E-state index contributed by atoms with van der Waals surface area (Å²) in [5.41, 5.74) is 1.91. The van der Waals surface area contributed by atoms with Crippen LogP contribution < -0.4 is 10.2 Å². The van der Waals surface area contributed by atoms with Gasteiger partial charge in [0.15, 0.2) is 5.69 Å². The molecule has 0 aliphatic heterocycles. The third kappa shape index (κ3) is 5.00. The molecule has 33 heavy (non-hydrogen) atoms. The SMILES string of the molecule is Cc1ccccc1N(C(=O)c1nsc(Cl)c1Cl)C(C(=O)NC1CCCC1)c1ccc(O)cc1. The molecule has 2 N–H and O–H groups in total. The number of hydrogen-bond acceptors (Lipinski definition) is 5. The number of para-hydroxylation sites is 1. The predicted octanol–water partition coefficient (Wildman–Crippen LogP) is 5.91. The van der Waals surface area contributed by atoms with Crippen molar-refractivity contribution >= 4 is 52.2 Å². The number of halogens is 2. The minimum atomic E-state index is -1.00. The first kappa shape index (κ1) is 23.5. The van der Waals surface area contributed by atoms with Crippen molar-refractivity contribution in [3.8, 4) is 5.75 Å². The summed E-state index contributed by atoms with van der Waals surface area (Å²) in [6, 6.07) is 12.7. The standard InChI is InChI=1S/C24H23Cl2N3O3S/c1-14-6-2-5-9-18(14)29(24(32)20-19(25)22(26)33-28-20)21(15-10-12-17(30)13-11-15)23(31)27-16-7-3-4-8-16/h2,5-6,9-13,16,21,30H,3-4,7-8H2,1H3,(H,27,31). The number of aromatic hydroxyl groups is 1. The monoisotopic (exact) mass is 503 g/mol. The molecule has 0 saturated heterocycles. The highest BCUT2D eigenvalue weighted by Gasteiger charge is 2.37. The molecule has 1 fully saturated rings. The maximum atomic E-state index is 13.9. The van der Waals surface area contributed by atoms with E-state index in [1.807, 2.05) is 19.1 Å². The van der Waals surface area contributed by atoms with E-state index in [4.69, 9.17) is 23.2 Å². The molecular formula is C24H23Cl2N3O3S. The number of nitrogens with one attached hydrogen (secondary N) is 1. The second-order valence-electron chi connectivity index (χ2n) is 8.06. The Morgan fingerprint density at radius 3 is 2.39 bits per heavy atom. The fourth-order valence-electron chi connectivity index (χ4n) is 4.13. The minimum Gasteiger partial charge on any atom is -0.508 e. The van der Waals surface area contributed by atoms with E-state index >= 15 is 0 Å². The zero-order valence-corrected chi connectivity index (χ0v) is 20.3. The second kappa shape index (κ2) is 10.1. The number of nitrogens with zero attached hydrogens (tertiary/aromatic N) is 2. The molecule has 2 amide bonds. The summed E-state index contributed by atoms with van der Waals surface area (Å²) in [5.74, 6) is -0.768. The number of amides is 2. The minimum absolute atomic E-state index is 0.00707. The molecule has 1 aromatic heterocycles. The molecule has 1 unspecified atom stereocenters. The van der Waals surface area contributed by atoms with E-state index in [9.17, 15) is 14.7 Å². The molecule has 2 aromatic carbocycles. The molecule has 0 radical (unpaired) electrons. The van der Waals surface area contributed by atoms with E-state index < -0.39 is 11.9 Å². The van der Waals surface area contributed by atoms with Crippen molar-refractivity contribution in [2.45, 2.75) is 44.7 Å². The number of anilines is 1. The van der Waals surface area contributed by atoms with E-state index in [-0.39, 0.29) is 32.8 Å². The van der Waals surface area contributed by atoms with Gasteiger partial charge in [0.25, 0.3) is 5.91 Å². The first-order valence-corrected chi connectivity index (χ1v) is 12.2. The molecule has 1 saturated carbocycles. The average Bonchev–Trinajstić information content (AvgIpc) is 3.43. The molecule has 3 aromatic rings. The number of hydrogen-bond donors (Lipinski definition) is 2. The van der Waals surface area contributed by atoms with Crippen LogP contribution in [-0.2, 0) is 4.79 Å². The number of rotatable bonds is 6. The highest BCUT2D eigenvalue weighted by molar-refractivity contribution is 7.11. The summed E-state index contributed by atoms with van der Waals surface area (Å²) >= 11 is 13.3. The number of carbonyl (C=O) groups excluding carboxylic acids is 2. The van der Waals surface area contributed by atoms with E-state index in [1.54, 1.807) is 24.3 Å². The van der Waals surface area contributed by atoms with Crippen LogP contribution >= 0.6 is 34.7 Å². The summed E-state index contributed by atoms with van der Waals surface area (Å²) in [5, 5.41) is 13.0. The van der Waals surface area contributed by atoms with E-state index in [0.29, 0.717) is 11.3 Å². The van der Waals surface area contributed by atoms with Gasteiger partial charge in [-0.15, -0.1) is 0 Å². The van der Waals surface area contributed by atoms with Crippen molar-refractivity contribution in [3.05, 3.63) is 74.7 Å². The Balaban J connectivity index is 1.85. The summed E-state index contributed by atoms with van der Waals surface area (Å²) in [4.78, 5) is 29.0. The van der Waals surface area contributed by atoms with Crippen molar-refractivity contribution in [1.29, 1.82) is 0 Å². The van der Waals surface area contributed by atoms with Gasteiger partial charge < -0.3 is 10.4 Å². The normalized spacial score (nSPS) is 14.8. The van der Waals surface area contributed by atoms with Crippen LogP contribution in [0.2, 0.25) is 9.36 Å². The first-order valence-electron chi connectivity index (χ1n) is 10.7. The van der Waals surface area contributed by atoms with Gasteiger partial charge in [-0.05, 0) is 60.6 Å². The fraction of sp³-hybridized carbons (Fsp3) is 0.292. The second-order valence-corrected chi connectivity index (χ2v) is 9.82. The van der Waals surface area contributed by atoms with Crippen LogP contribution in [0.4, 0.5) is 5.69 Å². The molecule has 9 heteroatoms. The average molecular weight is 504 g/mol. The zero-order chi connectivity index (χ0) is 23.5. The highest BCUT2D eigenvalue weighted by Crippen LogP contribution is 2.36. The Labute approximate surface area is 206 Å². The van der Waals surface area contributed by atoms with Gasteiger partial charge in [-0.25, -0.2) is 0 Å². The van der Waals surface area contributed by atoms with Crippen LogP contribution in [0.1, 0.15) is 53.3 Å². The lowest BCUT2D eigenvalue weighted by molar-refractivity contribution is -0.123. The summed E-state index contributed by atoms with van der Waals surface area (Å²) in [6.07, 6.45) is 3.92. The largest absolute Gasteiger partial charge is 0.508 e. The maximum absolute atomic E-state index is 13.9. The molecule has 4 rings (SSSR count). The lowest BCUT2D eigenvalue weighted by Crippen LogP contribution is -2.46. The topological polar surface area (TPSA) is 82.5 Å². The van der Waals surface area contributed by atoms with Gasteiger partial charge in [-0.2, -0.15) is 4.37 Å². The number of benzene rings is 2. The van der Waals surface area contributed by atoms with E-state index in [0.717, 1.165) is 42.8 Å². The zero-order valence-electron chi connectivity index (χ0n) is 17.9. The molecule has 1 heterocycles. The summed E-state index contributed by atoms with van der Waals surface area (Å²) < 4.78 is 4.37. The Morgan fingerprint density at radius 1 is 1.12 bits per heavy atom. The Hall–Kier alpha value is -2.61. The third-order valence-corrected chi connectivity index (χ3v) is 7.42. The number of carbonyl (C=O) groups is 2. The van der Waals surface area contributed by atoms with Crippen molar-refractivity contribution in [2.75, 3.05) is 4.90 Å². The lowest BCUT2D eigenvalue weighted by atomic mass is 10.0. The van der Waals surface area contributed by atoms with Crippen LogP contribution in [0.15, 0.2) is 48.5 Å². The van der Waals surface area contributed by atoms with Gasteiger partial charge in [-0.1, -0.05) is 66.4 Å². The van der Waals surface area contributed by atoms with Crippen LogP contribution in [-0.4, -0.2) is 27.3 Å². The molecule has 0 bridgehead atoms. The smallest absolute Gasteiger partial charge is 0.280 e. The third-order valence-electron chi connectivity index (χ3n) is 5.81. The first-order chi connectivity index (χ1) is 15.9. The van der Waals surface area contributed by atoms with Crippen molar-refractivity contribution < 1.29 is 14.7 Å². The molecule has 6 nitrogen and oxygen atoms in total. The van der Waals surface area contributed by atoms with Crippen LogP contribution in [0.3, 0.4) is 0 Å². The van der Waals surface area contributed by atoms with Gasteiger partial charge in [0, 0.05) is 11.7 Å². The maximum Gasteiger partial charge on any atom is 0.280 e. The van der Waals surface area contributed by atoms with Crippen LogP contribution in [0, 0.1) is 6.92 Å². The molecule has 1 atom stereocenters. The quantitative estimate of drug-likeness (QED) is 0.437. The van der Waals surface area contributed by atoms with Gasteiger partial charge in [-0.3, -0.25) is 14.5 Å². The molecule has 1 aliphatic carbocycles. The number of aromatic nitrogens is 1. The van der Waals surface area contributed by atoms with Gasteiger partial charge in [0.1, 0.15) is 21.2 Å².